The van der Waals surface area contributed by atoms with E-state index in [1.54, 1.807) is 18.2 Å². The van der Waals surface area contributed by atoms with Gasteiger partial charge in [0.05, 0.1) is 22.6 Å². The van der Waals surface area contributed by atoms with Gasteiger partial charge in [-0.25, -0.2) is 0 Å². The smallest absolute Gasteiger partial charge is 0.272 e. The van der Waals surface area contributed by atoms with E-state index in [4.69, 9.17) is 4.74 Å². The molecule has 0 radical (unpaired) electrons. The van der Waals surface area contributed by atoms with Crippen LogP contribution >= 0.6 is 0 Å². The van der Waals surface area contributed by atoms with Crippen LogP contribution in [0.5, 0.6) is 0 Å². The molecule has 0 saturated carbocycles. The lowest BCUT2D eigenvalue weighted by Gasteiger charge is -2.10. The van der Waals surface area contributed by atoms with Gasteiger partial charge in [-0.2, -0.15) is 0 Å². The molecular formula is C15H17N3O4. The number of nitrogens with one attached hydrogen (secondary N) is 3. The molecule has 1 saturated heterocycles. The summed E-state index contributed by atoms with van der Waals surface area (Å²) < 4.78 is 5.48. The van der Waals surface area contributed by atoms with E-state index in [1.165, 1.54) is 0 Å². The Bertz CT molecular complexity index is 802. The SMILES string of the molecule is O=C(CCC1CCCO1)Nc1cccc2c(=O)[nH][nH]c(=O)c12. The number of ether oxygens (including phenoxy) is 1. The van der Waals surface area contributed by atoms with Crippen molar-refractivity contribution in [2.75, 3.05) is 11.9 Å². The van der Waals surface area contributed by atoms with Gasteiger partial charge in [0.1, 0.15) is 0 Å². The van der Waals surface area contributed by atoms with Gasteiger partial charge < -0.3 is 10.1 Å². The zero-order chi connectivity index (χ0) is 15.5. The van der Waals surface area contributed by atoms with Crippen LogP contribution in [0.2, 0.25) is 0 Å². The Morgan fingerprint density at radius 2 is 2.09 bits per heavy atom. The lowest BCUT2D eigenvalue weighted by Crippen LogP contribution is -2.22. The van der Waals surface area contributed by atoms with Crippen LogP contribution in [0, 0.1) is 0 Å². The van der Waals surface area contributed by atoms with Crippen LogP contribution in [-0.4, -0.2) is 28.8 Å². The molecule has 3 N–H and O–H groups in total. The monoisotopic (exact) mass is 303 g/mol. The summed E-state index contributed by atoms with van der Waals surface area (Å²) in [5, 5.41) is 7.68. The lowest BCUT2D eigenvalue weighted by atomic mass is 10.1. The Kier molecular flexibility index (Phi) is 4.06. The Morgan fingerprint density at radius 3 is 2.86 bits per heavy atom. The standard InChI is InChI=1S/C15H17N3O4/c19-12(7-6-9-3-2-8-22-9)16-11-5-1-4-10-13(11)15(21)18-17-14(10)20/h1,4-5,9H,2-3,6-8H2,(H,16,19)(H,17,20)(H,18,21). The molecule has 22 heavy (non-hydrogen) atoms. The van der Waals surface area contributed by atoms with Crippen LogP contribution < -0.4 is 16.4 Å². The highest BCUT2D eigenvalue weighted by molar-refractivity contribution is 6.01. The van der Waals surface area contributed by atoms with Gasteiger partial charge in [0.25, 0.3) is 11.1 Å². The summed E-state index contributed by atoms with van der Waals surface area (Å²) in [5.74, 6) is -0.192. The number of rotatable bonds is 4. The molecule has 0 bridgehead atoms. The van der Waals surface area contributed by atoms with Crippen LogP contribution in [0.15, 0.2) is 27.8 Å². The molecule has 7 nitrogen and oxygen atoms in total. The number of carbonyl (C=O) groups excluding carboxylic acids is 1. The number of benzene rings is 1. The van der Waals surface area contributed by atoms with E-state index in [0.717, 1.165) is 19.4 Å². The lowest BCUT2D eigenvalue weighted by molar-refractivity contribution is -0.116. The van der Waals surface area contributed by atoms with E-state index in [1.807, 2.05) is 0 Å². The molecule has 1 aromatic heterocycles. The Balaban J connectivity index is 1.78. The summed E-state index contributed by atoms with van der Waals surface area (Å²) >= 11 is 0. The number of fused-ring (bicyclic) bond motifs is 1. The molecular weight excluding hydrogens is 286 g/mol. The van der Waals surface area contributed by atoms with Gasteiger partial charge in [-0.15, -0.1) is 0 Å². The first-order valence-corrected chi connectivity index (χ1v) is 7.30. The van der Waals surface area contributed by atoms with Gasteiger partial charge in [-0.1, -0.05) is 6.07 Å². The van der Waals surface area contributed by atoms with Crippen molar-refractivity contribution in [1.82, 2.24) is 10.2 Å². The maximum absolute atomic E-state index is 12.0. The fraction of sp³-hybridized carbons (Fsp3) is 0.400. The number of aromatic nitrogens is 2. The third-order valence-corrected chi connectivity index (χ3v) is 3.82. The van der Waals surface area contributed by atoms with Crippen LogP contribution in [0.3, 0.4) is 0 Å². The second kappa shape index (κ2) is 6.15. The first-order chi connectivity index (χ1) is 10.6. The summed E-state index contributed by atoms with van der Waals surface area (Å²) in [6, 6.07) is 4.79. The van der Waals surface area contributed by atoms with Crippen LogP contribution in [0.1, 0.15) is 25.7 Å². The molecule has 2 aromatic rings. The van der Waals surface area contributed by atoms with Gasteiger partial charge in [0.15, 0.2) is 0 Å². The van der Waals surface area contributed by atoms with E-state index in [9.17, 15) is 14.4 Å². The number of anilines is 1. The summed E-state index contributed by atoms with van der Waals surface area (Å²) in [6.45, 7) is 0.758. The Hall–Kier alpha value is -2.41. The minimum Gasteiger partial charge on any atom is -0.378 e. The van der Waals surface area contributed by atoms with Crippen LogP contribution in [0.4, 0.5) is 5.69 Å². The second-order valence-corrected chi connectivity index (χ2v) is 5.36. The molecule has 1 aliphatic heterocycles. The molecule has 0 spiro atoms. The maximum atomic E-state index is 12.0. The van der Waals surface area contributed by atoms with Gasteiger partial charge in [0, 0.05) is 13.0 Å². The number of hydrogen-bond acceptors (Lipinski definition) is 4. The maximum Gasteiger partial charge on any atom is 0.272 e. The van der Waals surface area contributed by atoms with Crippen LogP contribution in [0.25, 0.3) is 10.8 Å². The first kappa shape index (κ1) is 14.5. The van der Waals surface area contributed by atoms with E-state index in [0.29, 0.717) is 18.5 Å². The second-order valence-electron chi connectivity index (χ2n) is 5.36. The molecule has 1 unspecified atom stereocenters. The molecule has 2 heterocycles. The zero-order valence-corrected chi connectivity index (χ0v) is 12.0. The van der Waals surface area contributed by atoms with Crippen molar-refractivity contribution in [3.05, 3.63) is 38.9 Å². The van der Waals surface area contributed by atoms with Crippen molar-refractivity contribution in [1.29, 1.82) is 0 Å². The highest BCUT2D eigenvalue weighted by Crippen LogP contribution is 2.19. The highest BCUT2D eigenvalue weighted by atomic mass is 16.5. The third-order valence-electron chi connectivity index (χ3n) is 3.82. The average molecular weight is 303 g/mol. The number of amides is 1. The van der Waals surface area contributed by atoms with Gasteiger partial charge in [-0.05, 0) is 31.4 Å². The van der Waals surface area contributed by atoms with Crippen molar-refractivity contribution < 1.29 is 9.53 Å². The van der Waals surface area contributed by atoms with Gasteiger partial charge >= 0.3 is 0 Å². The minimum atomic E-state index is -0.440. The van der Waals surface area contributed by atoms with Crippen molar-refractivity contribution in [2.24, 2.45) is 0 Å². The largest absolute Gasteiger partial charge is 0.378 e. The van der Waals surface area contributed by atoms with Crippen LogP contribution in [-0.2, 0) is 9.53 Å². The van der Waals surface area contributed by atoms with Crippen molar-refractivity contribution in [2.45, 2.75) is 31.8 Å². The Labute approximate surface area is 125 Å². The molecule has 116 valence electrons. The zero-order valence-electron chi connectivity index (χ0n) is 12.0. The fourth-order valence-corrected chi connectivity index (χ4v) is 2.71. The average Bonchev–Trinajstić information content (AvgIpc) is 3.02. The predicted molar refractivity (Wildman–Crippen MR) is 82.0 cm³/mol. The minimum absolute atomic E-state index is 0.143. The molecule has 7 heteroatoms. The number of carbonyl (C=O) groups is 1. The molecule has 1 atom stereocenters. The third kappa shape index (κ3) is 2.94. The Morgan fingerprint density at radius 1 is 1.27 bits per heavy atom. The predicted octanol–water partition coefficient (Wildman–Crippen LogP) is 1.11. The van der Waals surface area contributed by atoms with E-state index in [2.05, 4.69) is 15.5 Å². The number of hydrogen-bond donors (Lipinski definition) is 3. The quantitative estimate of drug-likeness (QED) is 0.787. The van der Waals surface area contributed by atoms with Crippen molar-refractivity contribution >= 4 is 22.4 Å². The number of H-pyrrole nitrogens is 2. The molecule has 0 aliphatic carbocycles. The topological polar surface area (TPSA) is 104 Å². The van der Waals surface area contributed by atoms with E-state index in [-0.39, 0.29) is 22.8 Å². The number of aromatic amines is 2. The normalized spacial score (nSPS) is 17.7. The van der Waals surface area contributed by atoms with Gasteiger partial charge in [0.2, 0.25) is 5.91 Å². The molecule has 1 amide bonds. The fourth-order valence-electron chi connectivity index (χ4n) is 2.71. The summed E-state index contributed by atoms with van der Waals surface area (Å²) in [4.78, 5) is 35.7. The molecule has 1 fully saturated rings. The first-order valence-electron chi connectivity index (χ1n) is 7.30. The molecule has 1 aliphatic rings. The summed E-state index contributed by atoms with van der Waals surface area (Å²) in [5.41, 5.74) is -0.489. The summed E-state index contributed by atoms with van der Waals surface area (Å²) in [7, 11) is 0. The van der Waals surface area contributed by atoms with Crippen molar-refractivity contribution in [3.8, 4) is 0 Å². The van der Waals surface area contributed by atoms with Gasteiger partial charge in [-0.3, -0.25) is 24.6 Å². The highest BCUT2D eigenvalue weighted by Gasteiger charge is 2.17. The van der Waals surface area contributed by atoms with E-state index < -0.39 is 11.1 Å². The molecule has 3 rings (SSSR count). The molecule has 1 aromatic carbocycles. The van der Waals surface area contributed by atoms with E-state index >= 15 is 0 Å². The van der Waals surface area contributed by atoms with Crippen molar-refractivity contribution in [3.63, 3.8) is 0 Å². The summed E-state index contributed by atoms with van der Waals surface area (Å²) in [6.07, 6.45) is 3.14.